The average Bonchev–Trinajstić information content (AvgIpc) is 3.14. The number of rotatable bonds is 20. The first-order valence-electron chi connectivity index (χ1n) is 13.9. The van der Waals surface area contributed by atoms with E-state index in [0.29, 0.717) is 25.4 Å². The molecule has 0 aromatic heterocycles. The summed E-state index contributed by atoms with van der Waals surface area (Å²) in [7, 11) is 0. The van der Waals surface area contributed by atoms with Gasteiger partial charge in [0.2, 0.25) is 5.91 Å². The zero-order valence-corrected chi connectivity index (χ0v) is 22.4. The molecule has 0 bridgehead atoms. The van der Waals surface area contributed by atoms with Crippen molar-refractivity contribution in [3.05, 3.63) is 0 Å². The minimum absolute atomic E-state index is 0.134. The molecule has 0 N–H and O–H groups in total. The normalized spacial score (nSPS) is 18.6. The number of likely N-dealkylation sites (tertiary alicyclic amines) is 1. The summed E-state index contributed by atoms with van der Waals surface area (Å²) in [6.07, 6.45) is 17.6. The van der Waals surface area contributed by atoms with E-state index in [1.54, 1.807) is 6.92 Å². The monoisotopic (exact) mass is 467 g/mol. The standard InChI is InChI=1S/C28H53NO4/c1-23(2)32-22-26-20-27(33-24(3)4)21-29(26)28(31)19-17-15-13-11-9-7-6-8-10-12-14-16-18-25(5)30/h23-24,26-27H,6-22H2,1-5H3/t26-,27+/m0/s1. The van der Waals surface area contributed by atoms with Gasteiger partial charge in [-0.1, -0.05) is 64.2 Å². The smallest absolute Gasteiger partial charge is 0.222 e. The Labute approximate surface area is 204 Å². The first-order chi connectivity index (χ1) is 15.8. The number of unbranched alkanes of at least 4 members (excludes halogenated alkanes) is 11. The highest BCUT2D eigenvalue weighted by atomic mass is 16.5. The highest BCUT2D eigenvalue weighted by Gasteiger charge is 2.36. The molecule has 1 aliphatic heterocycles. The van der Waals surface area contributed by atoms with E-state index in [4.69, 9.17) is 9.47 Å². The fourth-order valence-corrected chi connectivity index (χ4v) is 4.69. The van der Waals surface area contributed by atoms with Crippen LogP contribution in [0.5, 0.6) is 0 Å². The first-order valence-corrected chi connectivity index (χ1v) is 13.9. The third-order valence-corrected chi connectivity index (χ3v) is 6.45. The maximum absolute atomic E-state index is 12.9. The van der Waals surface area contributed by atoms with Crippen LogP contribution in [0.4, 0.5) is 0 Å². The van der Waals surface area contributed by atoms with Gasteiger partial charge in [0.25, 0.3) is 0 Å². The molecule has 5 heteroatoms. The van der Waals surface area contributed by atoms with Crippen molar-refractivity contribution in [3.63, 3.8) is 0 Å². The van der Waals surface area contributed by atoms with Crippen molar-refractivity contribution < 1.29 is 19.1 Å². The summed E-state index contributed by atoms with van der Waals surface area (Å²) in [5.41, 5.74) is 0. The van der Waals surface area contributed by atoms with E-state index in [1.165, 1.54) is 57.8 Å². The van der Waals surface area contributed by atoms with Gasteiger partial charge in [-0.3, -0.25) is 4.79 Å². The van der Waals surface area contributed by atoms with Crippen LogP contribution < -0.4 is 0 Å². The maximum atomic E-state index is 12.9. The van der Waals surface area contributed by atoms with Crippen molar-refractivity contribution in [1.82, 2.24) is 4.90 Å². The Hall–Kier alpha value is -0.940. The number of hydrogen-bond acceptors (Lipinski definition) is 4. The minimum atomic E-state index is 0.134. The Kier molecular flexibility index (Phi) is 16.8. The fourth-order valence-electron chi connectivity index (χ4n) is 4.69. The molecule has 0 aliphatic carbocycles. The van der Waals surface area contributed by atoms with Crippen molar-refractivity contribution in [1.29, 1.82) is 0 Å². The van der Waals surface area contributed by atoms with E-state index in [2.05, 4.69) is 13.8 Å². The molecule has 33 heavy (non-hydrogen) atoms. The molecule has 0 aromatic carbocycles. The number of amides is 1. The van der Waals surface area contributed by atoms with Crippen molar-refractivity contribution in [2.45, 2.75) is 155 Å². The van der Waals surface area contributed by atoms with Gasteiger partial charge in [-0.2, -0.15) is 0 Å². The summed E-state index contributed by atoms with van der Waals surface area (Å²) in [5.74, 6) is 0.589. The predicted octanol–water partition coefficient (Wildman–Crippen LogP) is 6.86. The second kappa shape index (κ2) is 18.4. The largest absolute Gasteiger partial charge is 0.377 e. The zero-order valence-electron chi connectivity index (χ0n) is 22.4. The molecule has 1 aliphatic rings. The van der Waals surface area contributed by atoms with Gasteiger partial charge in [-0.25, -0.2) is 0 Å². The molecule has 1 fully saturated rings. The van der Waals surface area contributed by atoms with E-state index in [-0.39, 0.29) is 30.3 Å². The highest BCUT2D eigenvalue weighted by Crippen LogP contribution is 2.24. The average molecular weight is 468 g/mol. The van der Waals surface area contributed by atoms with Crippen LogP contribution in [0, 0.1) is 0 Å². The van der Waals surface area contributed by atoms with Gasteiger partial charge in [-0.05, 0) is 53.9 Å². The van der Waals surface area contributed by atoms with E-state index < -0.39 is 0 Å². The van der Waals surface area contributed by atoms with Gasteiger partial charge in [-0.15, -0.1) is 0 Å². The van der Waals surface area contributed by atoms with Crippen molar-refractivity contribution >= 4 is 11.7 Å². The Morgan fingerprint density at radius 2 is 1.24 bits per heavy atom. The number of hydrogen-bond donors (Lipinski definition) is 0. The molecule has 0 saturated carbocycles. The first kappa shape index (κ1) is 30.1. The number of carbonyl (C=O) groups is 2. The molecule has 1 heterocycles. The van der Waals surface area contributed by atoms with Crippen LogP contribution in [0.25, 0.3) is 0 Å². The van der Waals surface area contributed by atoms with Crippen LogP contribution in [-0.4, -0.2) is 54.1 Å². The topological polar surface area (TPSA) is 55.8 Å². The molecule has 1 rings (SSSR count). The fraction of sp³-hybridized carbons (Fsp3) is 0.929. The van der Waals surface area contributed by atoms with Gasteiger partial charge >= 0.3 is 0 Å². The highest BCUT2D eigenvalue weighted by molar-refractivity contribution is 5.77. The summed E-state index contributed by atoms with van der Waals surface area (Å²) in [5, 5.41) is 0. The van der Waals surface area contributed by atoms with E-state index in [0.717, 1.165) is 32.1 Å². The third kappa shape index (κ3) is 15.6. The second-order valence-electron chi connectivity index (χ2n) is 10.6. The third-order valence-electron chi connectivity index (χ3n) is 6.45. The van der Waals surface area contributed by atoms with Gasteiger partial charge in [0.15, 0.2) is 0 Å². The van der Waals surface area contributed by atoms with Crippen LogP contribution in [0.2, 0.25) is 0 Å². The molecule has 5 nitrogen and oxygen atoms in total. The molecule has 194 valence electrons. The van der Waals surface area contributed by atoms with Crippen molar-refractivity contribution in [2.75, 3.05) is 13.2 Å². The van der Waals surface area contributed by atoms with E-state index >= 15 is 0 Å². The lowest BCUT2D eigenvalue weighted by Gasteiger charge is -2.25. The van der Waals surface area contributed by atoms with E-state index in [9.17, 15) is 9.59 Å². The zero-order chi connectivity index (χ0) is 24.5. The predicted molar refractivity (Wildman–Crippen MR) is 137 cm³/mol. The van der Waals surface area contributed by atoms with Crippen molar-refractivity contribution in [3.8, 4) is 0 Å². The summed E-state index contributed by atoms with van der Waals surface area (Å²) in [6, 6.07) is 0.151. The molecule has 0 unspecified atom stereocenters. The minimum Gasteiger partial charge on any atom is -0.377 e. The molecular weight excluding hydrogens is 414 g/mol. The maximum Gasteiger partial charge on any atom is 0.222 e. The lowest BCUT2D eigenvalue weighted by atomic mass is 10.0. The second-order valence-corrected chi connectivity index (χ2v) is 10.6. The van der Waals surface area contributed by atoms with E-state index in [1.807, 2.05) is 18.7 Å². The summed E-state index contributed by atoms with van der Waals surface area (Å²) < 4.78 is 11.8. The summed E-state index contributed by atoms with van der Waals surface area (Å²) >= 11 is 0. The lowest BCUT2D eigenvalue weighted by molar-refractivity contribution is -0.134. The molecule has 1 saturated heterocycles. The number of ether oxygens (including phenoxy) is 2. The lowest BCUT2D eigenvalue weighted by Crippen LogP contribution is -2.39. The molecular formula is C28H53NO4. The molecule has 2 atom stereocenters. The quantitative estimate of drug-likeness (QED) is 0.184. The molecule has 1 amide bonds. The number of Topliss-reactive ketones (excluding diaryl/α,β-unsaturated/α-hetero) is 1. The number of nitrogens with zero attached hydrogens (tertiary/aromatic N) is 1. The van der Waals surface area contributed by atoms with Crippen LogP contribution in [0.15, 0.2) is 0 Å². The Balaban J connectivity index is 2.07. The van der Waals surface area contributed by atoms with Gasteiger partial charge < -0.3 is 19.2 Å². The Morgan fingerprint density at radius 3 is 1.70 bits per heavy atom. The van der Waals surface area contributed by atoms with Crippen LogP contribution in [0.1, 0.15) is 131 Å². The summed E-state index contributed by atoms with van der Waals surface area (Å²) in [6.45, 7) is 11.2. The summed E-state index contributed by atoms with van der Waals surface area (Å²) in [4.78, 5) is 25.8. The van der Waals surface area contributed by atoms with Gasteiger partial charge in [0.05, 0.1) is 31.0 Å². The van der Waals surface area contributed by atoms with Gasteiger partial charge in [0.1, 0.15) is 5.78 Å². The van der Waals surface area contributed by atoms with Gasteiger partial charge in [0, 0.05) is 19.4 Å². The van der Waals surface area contributed by atoms with Crippen LogP contribution in [0.3, 0.4) is 0 Å². The molecule has 0 spiro atoms. The Morgan fingerprint density at radius 1 is 0.758 bits per heavy atom. The van der Waals surface area contributed by atoms with Crippen LogP contribution >= 0.6 is 0 Å². The Bertz CT molecular complexity index is 520. The molecule has 0 radical (unpaired) electrons. The number of ketones is 1. The van der Waals surface area contributed by atoms with Crippen molar-refractivity contribution in [2.24, 2.45) is 0 Å². The number of carbonyl (C=O) groups excluding carboxylic acids is 2. The molecule has 0 aromatic rings. The van der Waals surface area contributed by atoms with Crippen LogP contribution in [-0.2, 0) is 19.1 Å². The SMILES string of the molecule is CC(=O)CCCCCCCCCCCCCCC(=O)N1C[C@H](OC(C)C)C[C@H]1COC(C)C.